The molecule has 0 aliphatic carbocycles. The van der Waals surface area contributed by atoms with Crippen molar-refractivity contribution in [2.75, 3.05) is 16.8 Å². The zero-order valence-electron chi connectivity index (χ0n) is 11.1. The fourth-order valence-electron chi connectivity index (χ4n) is 1.47. The second-order valence-corrected chi connectivity index (χ2v) is 5.11. The summed E-state index contributed by atoms with van der Waals surface area (Å²) in [6, 6.07) is 4.02. The van der Waals surface area contributed by atoms with Gasteiger partial charge in [0, 0.05) is 12.7 Å². The molecule has 20 heavy (non-hydrogen) atoms. The van der Waals surface area contributed by atoms with Crippen molar-refractivity contribution in [1.29, 1.82) is 0 Å². The molecule has 0 aliphatic heterocycles. The zero-order chi connectivity index (χ0) is 14.7. The maximum atomic E-state index is 13.5. The van der Waals surface area contributed by atoms with Crippen molar-refractivity contribution in [2.24, 2.45) is 7.05 Å². The molecule has 106 valence electrons. The lowest BCUT2D eigenvalue weighted by atomic mass is 10.2. The molecule has 0 fully saturated rings. The summed E-state index contributed by atoms with van der Waals surface area (Å²) in [5.74, 6) is 0.0159. The highest BCUT2D eigenvalue weighted by Crippen LogP contribution is 2.19. The average molecular weight is 295 g/mol. The van der Waals surface area contributed by atoms with Crippen LogP contribution in [-0.4, -0.2) is 26.4 Å². The molecule has 2 rings (SSSR count). The Morgan fingerprint density at radius 3 is 2.90 bits per heavy atom. The molecule has 0 saturated carbocycles. The second-order valence-electron chi connectivity index (χ2n) is 4.16. The number of anilines is 2. The number of nitrogens with two attached hydrogens (primary N) is 1. The summed E-state index contributed by atoms with van der Waals surface area (Å²) in [6.07, 6.45) is 0. The highest BCUT2D eigenvalue weighted by molar-refractivity contribution is 7.99. The molecule has 0 aliphatic rings. The number of aryl methyl sites for hydroxylation is 1. The van der Waals surface area contributed by atoms with Gasteiger partial charge < -0.3 is 15.6 Å². The zero-order valence-corrected chi connectivity index (χ0v) is 11.9. The highest BCUT2D eigenvalue weighted by Gasteiger charge is 2.11. The largest absolute Gasteiger partial charge is 0.399 e. The first-order valence-electron chi connectivity index (χ1n) is 5.81. The Morgan fingerprint density at radius 1 is 1.50 bits per heavy atom. The molecule has 3 N–H and O–H groups in total. The maximum Gasteiger partial charge on any atom is 0.234 e. The summed E-state index contributed by atoms with van der Waals surface area (Å²) in [4.78, 5) is 11.8. The van der Waals surface area contributed by atoms with Crippen molar-refractivity contribution < 1.29 is 9.18 Å². The van der Waals surface area contributed by atoms with Crippen molar-refractivity contribution in [2.45, 2.75) is 12.1 Å². The molecule has 6 nitrogen and oxygen atoms in total. The summed E-state index contributed by atoms with van der Waals surface area (Å²) in [5.41, 5.74) is 6.01. The number of hydrogen-bond donors (Lipinski definition) is 2. The lowest BCUT2D eigenvalue weighted by Gasteiger charge is -2.07. The number of carbonyl (C=O) groups excluding carboxylic acids is 1. The first-order valence-corrected chi connectivity index (χ1v) is 6.79. The lowest BCUT2D eigenvalue weighted by molar-refractivity contribution is -0.113. The van der Waals surface area contributed by atoms with Crippen LogP contribution in [0.25, 0.3) is 0 Å². The fraction of sp³-hybridized carbons (Fsp3) is 0.250. The van der Waals surface area contributed by atoms with Gasteiger partial charge in [-0.2, -0.15) is 0 Å². The first-order chi connectivity index (χ1) is 9.47. The molecule has 0 bridgehead atoms. The number of amides is 1. The third kappa shape index (κ3) is 3.27. The summed E-state index contributed by atoms with van der Waals surface area (Å²) < 4.78 is 15.2. The van der Waals surface area contributed by atoms with Crippen LogP contribution in [0.2, 0.25) is 0 Å². The van der Waals surface area contributed by atoms with Gasteiger partial charge in [0.25, 0.3) is 0 Å². The standard InChI is InChI=1S/C12H14FN5OS/c1-7-16-17-12(18(7)2)20-6-11(19)15-10-5-8(14)3-4-9(10)13/h3-5H,6,14H2,1-2H3,(H,15,19). The Kier molecular flexibility index (Phi) is 4.23. The van der Waals surface area contributed by atoms with E-state index in [1.54, 1.807) is 4.57 Å². The quantitative estimate of drug-likeness (QED) is 0.660. The summed E-state index contributed by atoms with van der Waals surface area (Å²) in [5, 5.41) is 10.9. The molecule has 0 spiro atoms. The molecule has 0 saturated heterocycles. The van der Waals surface area contributed by atoms with E-state index in [4.69, 9.17) is 5.73 Å². The summed E-state index contributed by atoms with van der Waals surface area (Å²) >= 11 is 1.23. The van der Waals surface area contributed by atoms with Crippen LogP contribution in [-0.2, 0) is 11.8 Å². The van der Waals surface area contributed by atoms with Gasteiger partial charge in [0.2, 0.25) is 5.91 Å². The molecule has 0 unspecified atom stereocenters. The third-order valence-corrected chi connectivity index (χ3v) is 3.67. The number of nitrogens with zero attached hydrogens (tertiary/aromatic N) is 3. The molecule has 1 amide bonds. The van der Waals surface area contributed by atoms with E-state index >= 15 is 0 Å². The number of carbonyl (C=O) groups is 1. The van der Waals surface area contributed by atoms with Crippen LogP contribution in [0.1, 0.15) is 5.82 Å². The first kappa shape index (κ1) is 14.3. The molecule has 1 heterocycles. The number of benzene rings is 1. The van der Waals surface area contributed by atoms with Crippen LogP contribution in [0.4, 0.5) is 15.8 Å². The number of nitrogen functional groups attached to an aromatic ring is 1. The van der Waals surface area contributed by atoms with Crippen molar-refractivity contribution in [1.82, 2.24) is 14.8 Å². The minimum Gasteiger partial charge on any atom is -0.399 e. The molecule has 1 aromatic heterocycles. The predicted octanol–water partition coefficient (Wildman–Crippen LogP) is 1.58. The third-order valence-electron chi connectivity index (χ3n) is 2.65. The summed E-state index contributed by atoms with van der Waals surface area (Å²) in [6.45, 7) is 1.82. The van der Waals surface area contributed by atoms with E-state index in [2.05, 4.69) is 15.5 Å². The number of nitrogens with one attached hydrogen (secondary N) is 1. The number of aromatic nitrogens is 3. The average Bonchev–Trinajstić information content (AvgIpc) is 2.72. The van der Waals surface area contributed by atoms with Gasteiger partial charge in [0.1, 0.15) is 11.6 Å². The van der Waals surface area contributed by atoms with Gasteiger partial charge in [-0.1, -0.05) is 11.8 Å². The van der Waals surface area contributed by atoms with E-state index in [0.717, 1.165) is 5.82 Å². The molecule has 1 aromatic carbocycles. The Morgan fingerprint density at radius 2 is 2.25 bits per heavy atom. The SMILES string of the molecule is Cc1nnc(SCC(=O)Nc2cc(N)ccc2F)n1C. The minimum absolute atomic E-state index is 0.0738. The van der Waals surface area contributed by atoms with Gasteiger partial charge in [-0.15, -0.1) is 10.2 Å². The monoisotopic (exact) mass is 295 g/mol. The number of halogens is 1. The van der Waals surface area contributed by atoms with E-state index in [-0.39, 0.29) is 17.3 Å². The van der Waals surface area contributed by atoms with Gasteiger partial charge in [0.05, 0.1) is 11.4 Å². The Bertz CT molecular complexity index is 643. The smallest absolute Gasteiger partial charge is 0.234 e. The van der Waals surface area contributed by atoms with Crippen LogP contribution >= 0.6 is 11.8 Å². The van der Waals surface area contributed by atoms with Crippen LogP contribution < -0.4 is 11.1 Å². The minimum atomic E-state index is -0.521. The maximum absolute atomic E-state index is 13.5. The number of thioether (sulfide) groups is 1. The van der Waals surface area contributed by atoms with Gasteiger partial charge in [0.15, 0.2) is 5.16 Å². The van der Waals surface area contributed by atoms with Crippen molar-refractivity contribution >= 4 is 29.0 Å². The van der Waals surface area contributed by atoms with E-state index in [1.807, 2.05) is 14.0 Å². The molecule has 0 atom stereocenters. The van der Waals surface area contributed by atoms with Crippen molar-refractivity contribution in [3.63, 3.8) is 0 Å². The van der Waals surface area contributed by atoms with E-state index in [1.165, 1.54) is 30.0 Å². The summed E-state index contributed by atoms with van der Waals surface area (Å²) in [7, 11) is 1.81. The molecule has 8 heteroatoms. The molecular formula is C12H14FN5OS. The molecule has 2 aromatic rings. The number of hydrogen-bond acceptors (Lipinski definition) is 5. The fourth-order valence-corrected chi connectivity index (χ4v) is 2.23. The van der Waals surface area contributed by atoms with Crippen LogP contribution in [0.5, 0.6) is 0 Å². The number of rotatable bonds is 4. The Labute approximate surface area is 119 Å². The van der Waals surface area contributed by atoms with Crippen LogP contribution in [0.3, 0.4) is 0 Å². The van der Waals surface area contributed by atoms with E-state index < -0.39 is 5.82 Å². The topological polar surface area (TPSA) is 85.8 Å². The van der Waals surface area contributed by atoms with E-state index in [9.17, 15) is 9.18 Å². The Balaban J connectivity index is 1.96. The van der Waals surface area contributed by atoms with Crippen molar-refractivity contribution in [3.8, 4) is 0 Å². The van der Waals surface area contributed by atoms with E-state index in [0.29, 0.717) is 10.8 Å². The predicted molar refractivity (Wildman–Crippen MR) is 75.9 cm³/mol. The Hall–Kier alpha value is -2.09. The van der Waals surface area contributed by atoms with Gasteiger partial charge in [-0.05, 0) is 25.1 Å². The molecular weight excluding hydrogens is 281 g/mol. The second kappa shape index (κ2) is 5.91. The van der Waals surface area contributed by atoms with Crippen LogP contribution in [0.15, 0.2) is 23.4 Å². The van der Waals surface area contributed by atoms with Crippen molar-refractivity contribution in [3.05, 3.63) is 29.8 Å². The van der Waals surface area contributed by atoms with Crippen LogP contribution in [0, 0.1) is 12.7 Å². The van der Waals surface area contributed by atoms with Gasteiger partial charge in [-0.25, -0.2) is 4.39 Å². The normalized spacial score (nSPS) is 10.6. The highest BCUT2D eigenvalue weighted by atomic mass is 32.2. The van der Waals surface area contributed by atoms with Gasteiger partial charge in [-0.3, -0.25) is 4.79 Å². The van der Waals surface area contributed by atoms with Gasteiger partial charge >= 0.3 is 0 Å². The molecule has 0 radical (unpaired) electrons. The lowest BCUT2D eigenvalue weighted by Crippen LogP contribution is -2.15.